The van der Waals surface area contributed by atoms with Crippen LogP contribution in [0.5, 0.6) is 0 Å². The van der Waals surface area contributed by atoms with Gasteiger partial charge >= 0.3 is 0 Å². The number of carbonyl (C=O) groups is 1. The molecule has 11 heteroatoms. The van der Waals surface area contributed by atoms with Gasteiger partial charge in [0.15, 0.2) is 0 Å². The number of rotatable bonds is 14. The van der Waals surface area contributed by atoms with Crippen molar-refractivity contribution in [2.75, 3.05) is 18.8 Å². The molecule has 0 bridgehead atoms. The first kappa shape index (κ1) is 32.0. The summed E-state index contributed by atoms with van der Waals surface area (Å²) in [6.07, 6.45) is 6.08. The lowest BCUT2D eigenvalue weighted by atomic mass is 9.97. The molecular weight excluding hydrogens is 568 g/mol. The van der Waals surface area contributed by atoms with Crippen molar-refractivity contribution in [1.82, 2.24) is 14.6 Å². The number of benzene rings is 2. The topological polar surface area (TPSA) is 126 Å². The highest BCUT2D eigenvalue weighted by molar-refractivity contribution is 7.97. The number of nitrogens with two attached hydrogens (primary N) is 1. The Bertz CT molecular complexity index is 1400. The Hall–Kier alpha value is -2.47. The number of aryl methyl sites for hydroxylation is 1. The van der Waals surface area contributed by atoms with E-state index in [1.54, 1.807) is 11.9 Å². The molecule has 3 rings (SSSR count). The minimum absolute atomic E-state index is 0.0630. The highest BCUT2D eigenvalue weighted by Crippen LogP contribution is 2.37. The predicted octanol–water partition coefficient (Wildman–Crippen LogP) is 5.45. The van der Waals surface area contributed by atoms with Gasteiger partial charge in [0, 0.05) is 41.4 Å². The van der Waals surface area contributed by atoms with Gasteiger partial charge in [0.05, 0.1) is 5.75 Å². The van der Waals surface area contributed by atoms with E-state index in [4.69, 9.17) is 21.9 Å². The molecule has 3 aromatic rings. The van der Waals surface area contributed by atoms with Gasteiger partial charge in [-0.15, -0.1) is 0 Å². The standard InChI is InChI=1S/C29H37ClN4O4S2/c1-4-22-18-32-15-13-25(22)24-10-7-9-23(17-24)21(3)34(39-28-12-8-11-26(30)20(28)2)16-6-5-14-33-29(35)27(31)19-40(36,37)38/h7-13,15,17-18,21,27H,4-6,14,16,19,31H2,1-3H3,(H,33,35)(H,36,37,38)/t21-,27-/m0/s1. The summed E-state index contributed by atoms with van der Waals surface area (Å²) in [5, 5.41) is 3.37. The van der Waals surface area contributed by atoms with Crippen molar-refractivity contribution in [3.8, 4) is 11.1 Å². The van der Waals surface area contributed by atoms with Crippen LogP contribution in [0.25, 0.3) is 11.1 Å². The summed E-state index contributed by atoms with van der Waals surface area (Å²) >= 11 is 8.07. The van der Waals surface area contributed by atoms with E-state index in [1.807, 2.05) is 31.5 Å². The molecular formula is C29H37ClN4O4S2. The summed E-state index contributed by atoms with van der Waals surface area (Å²) < 4.78 is 33.2. The molecule has 1 heterocycles. The van der Waals surface area contributed by atoms with Gasteiger partial charge in [-0.3, -0.25) is 14.3 Å². The van der Waals surface area contributed by atoms with Crippen LogP contribution in [0.15, 0.2) is 65.8 Å². The van der Waals surface area contributed by atoms with Gasteiger partial charge in [0.2, 0.25) is 5.91 Å². The van der Waals surface area contributed by atoms with Gasteiger partial charge in [-0.2, -0.15) is 8.42 Å². The number of aromatic nitrogens is 1. The number of nitrogens with one attached hydrogen (secondary N) is 1. The molecule has 0 unspecified atom stereocenters. The van der Waals surface area contributed by atoms with Crippen molar-refractivity contribution >= 4 is 39.6 Å². The Kier molecular flexibility index (Phi) is 12.0. The first-order valence-corrected chi connectivity index (χ1v) is 16.0. The van der Waals surface area contributed by atoms with Gasteiger partial charge in [0.25, 0.3) is 10.1 Å². The van der Waals surface area contributed by atoms with Crippen LogP contribution >= 0.6 is 23.5 Å². The first-order chi connectivity index (χ1) is 19.0. The molecule has 216 valence electrons. The maximum absolute atomic E-state index is 12.1. The van der Waals surface area contributed by atoms with Gasteiger partial charge < -0.3 is 11.1 Å². The number of pyridine rings is 1. The lowest BCUT2D eigenvalue weighted by molar-refractivity contribution is -0.121. The Balaban J connectivity index is 1.73. The molecule has 2 aromatic carbocycles. The summed E-state index contributed by atoms with van der Waals surface area (Å²) in [7, 11) is -4.32. The monoisotopic (exact) mass is 604 g/mol. The highest BCUT2D eigenvalue weighted by Gasteiger charge is 2.21. The third kappa shape index (κ3) is 9.29. The second-order valence-corrected chi connectivity index (χ2v) is 12.6. The van der Waals surface area contributed by atoms with E-state index < -0.39 is 27.8 Å². The molecule has 0 aliphatic rings. The molecule has 1 aromatic heterocycles. The molecule has 0 spiro atoms. The van der Waals surface area contributed by atoms with Crippen LogP contribution < -0.4 is 11.1 Å². The molecule has 0 aliphatic carbocycles. The molecule has 40 heavy (non-hydrogen) atoms. The Morgan fingerprint density at radius 2 is 1.95 bits per heavy atom. The smallest absolute Gasteiger partial charge is 0.266 e. The van der Waals surface area contributed by atoms with E-state index in [-0.39, 0.29) is 6.04 Å². The van der Waals surface area contributed by atoms with Crippen LogP contribution in [0, 0.1) is 6.92 Å². The van der Waals surface area contributed by atoms with Gasteiger partial charge in [-0.25, -0.2) is 4.31 Å². The van der Waals surface area contributed by atoms with Crippen LogP contribution in [-0.2, 0) is 21.3 Å². The molecule has 0 radical (unpaired) electrons. The molecule has 1 amide bonds. The van der Waals surface area contributed by atoms with Crippen LogP contribution in [0.3, 0.4) is 0 Å². The minimum atomic E-state index is -4.32. The first-order valence-electron chi connectivity index (χ1n) is 13.2. The fraction of sp³-hybridized carbons (Fsp3) is 0.379. The normalized spacial score (nSPS) is 13.3. The lowest BCUT2D eigenvalue weighted by Crippen LogP contribution is -2.45. The van der Waals surface area contributed by atoms with Crippen molar-refractivity contribution in [1.29, 1.82) is 0 Å². The summed E-state index contributed by atoms with van der Waals surface area (Å²) in [5.74, 6) is -1.41. The molecule has 8 nitrogen and oxygen atoms in total. The largest absolute Gasteiger partial charge is 0.355 e. The van der Waals surface area contributed by atoms with Crippen molar-refractivity contribution in [2.45, 2.75) is 57.0 Å². The summed E-state index contributed by atoms with van der Waals surface area (Å²) in [5.41, 5.74) is 11.3. The minimum Gasteiger partial charge on any atom is -0.355 e. The van der Waals surface area contributed by atoms with E-state index in [2.05, 4.69) is 64.9 Å². The van der Waals surface area contributed by atoms with Crippen molar-refractivity contribution < 1.29 is 17.8 Å². The van der Waals surface area contributed by atoms with Crippen LogP contribution in [0.4, 0.5) is 0 Å². The molecule has 0 aliphatic heterocycles. The highest BCUT2D eigenvalue weighted by atomic mass is 35.5. The van der Waals surface area contributed by atoms with E-state index in [9.17, 15) is 13.2 Å². The SMILES string of the molecule is CCc1cnccc1-c1cccc([C@H](C)N(CCCCNC(=O)[C@@H](N)CS(=O)(=O)O)Sc2cccc(Cl)c2C)c1. The summed E-state index contributed by atoms with van der Waals surface area (Å²) in [4.78, 5) is 17.4. The zero-order valence-electron chi connectivity index (χ0n) is 23.0. The third-order valence-electron chi connectivity index (χ3n) is 6.66. The number of hydrogen-bond acceptors (Lipinski definition) is 7. The average Bonchev–Trinajstić information content (AvgIpc) is 2.93. The van der Waals surface area contributed by atoms with Crippen LogP contribution in [-0.4, -0.2) is 53.1 Å². The van der Waals surface area contributed by atoms with Crippen molar-refractivity contribution in [3.63, 3.8) is 0 Å². The van der Waals surface area contributed by atoms with E-state index in [0.717, 1.165) is 35.4 Å². The quantitative estimate of drug-likeness (QED) is 0.126. The maximum Gasteiger partial charge on any atom is 0.266 e. The van der Waals surface area contributed by atoms with Crippen molar-refractivity contribution in [3.05, 3.63) is 82.6 Å². The van der Waals surface area contributed by atoms with E-state index in [0.29, 0.717) is 18.0 Å². The zero-order valence-corrected chi connectivity index (χ0v) is 25.4. The third-order valence-corrected chi connectivity index (χ3v) is 9.22. The lowest BCUT2D eigenvalue weighted by Gasteiger charge is -2.29. The average molecular weight is 605 g/mol. The number of amides is 1. The van der Waals surface area contributed by atoms with Gasteiger partial charge in [0.1, 0.15) is 6.04 Å². The molecule has 2 atom stereocenters. The van der Waals surface area contributed by atoms with Gasteiger partial charge in [-0.1, -0.05) is 42.8 Å². The van der Waals surface area contributed by atoms with E-state index in [1.165, 1.54) is 16.7 Å². The fourth-order valence-corrected chi connectivity index (χ4v) is 6.27. The Morgan fingerprint density at radius 1 is 1.20 bits per heavy atom. The molecule has 4 N–H and O–H groups in total. The Morgan fingerprint density at radius 3 is 2.67 bits per heavy atom. The van der Waals surface area contributed by atoms with Crippen molar-refractivity contribution in [2.24, 2.45) is 5.73 Å². The fourth-order valence-electron chi connectivity index (χ4n) is 4.29. The molecule has 0 saturated heterocycles. The number of hydrogen-bond donors (Lipinski definition) is 3. The second-order valence-electron chi connectivity index (χ2n) is 9.64. The number of unbranched alkanes of at least 4 members (excludes halogenated alkanes) is 1. The number of carbonyl (C=O) groups excluding carboxylic acids is 1. The predicted molar refractivity (Wildman–Crippen MR) is 163 cm³/mol. The molecule has 0 fully saturated rings. The number of halogens is 1. The second kappa shape index (κ2) is 15.0. The molecule has 0 saturated carbocycles. The summed E-state index contributed by atoms with van der Waals surface area (Å²) in [6.45, 7) is 7.39. The Labute approximate surface area is 246 Å². The summed E-state index contributed by atoms with van der Waals surface area (Å²) in [6, 6.07) is 15.3. The van der Waals surface area contributed by atoms with Crippen LogP contribution in [0.2, 0.25) is 5.02 Å². The van der Waals surface area contributed by atoms with E-state index >= 15 is 0 Å². The number of nitrogens with zero attached hydrogens (tertiary/aromatic N) is 2. The zero-order chi connectivity index (χ0) is 29.3. The van der Waals surface area contributed by atoms with Crippen LogP contribution in [0.1, 0.15) is 49.4 Å². The maximum atomic E-state index is 12.1. The van der Waals surface area contributed by atoms with Gasteiger partial charge in [-0.05, 0) is 97.1 Å².